The first-order valence-corrected chi connectivity index (χ1v) is 6.63. The van der Waals surface area contributed by atoms with Crippen LogP contribution in [-0.4, -0.2) is 23.3 Å². The fraction of sp³-hybridized carbons (Fsp3) is 0.533. The van der Waals surface area contributed by atoms with E-state index in [0.29, 0.717) is 5.56 Å². The first kappa shape index (κ1) is 16.3. The lowest BCUT2D eigenvalue weighted by Gasteiger charge is -2.24. The van der Waals surface area contributed by atoms with Crippen molar-refractivity contribution in [3.8, 4) is 5.75 Å². The lowest BCUT2D eigenvalue weighted by atomic mass is 10.00. The molecule has 1 aromatic carbocycles. The number of nitrogens with one attached hydrogen (secondary N) is 1. The molecule has 0 fully saturated rings. The highest BCUT2D eigenvalue weighted by molar-refractivity contribution is 5.68. The number of aryl methyl sites for hydroxylation is 2. The van der Waals surface area contributed by atoms with Gasteiger partial charge in [0.25, 0.3) is 0 Å². The number of hydrogen-bond acceptors (Lipinski definition) is 4. The van der Waals surface area contributed by atoms with Crippen LogP contribution >= 0.6 is 0 Å². The number of rotatable bonds is 3. The Balaban J connectivity index is 2.92. The average Bonchev–Trinajstić information content (AvgIpc) is 2.29. The van der Waals surface area contributed by atoms with Crippen molar-refractivity contribution in [3.63, 3.8) is 0 Å². The summed E-state index contributed by atoms with van der Waals surface area (Å²) in [6, 6.07) is 3.02. The molecule has 0 spiro atoms. The van der Waals surface area contributed by atoms with Gasteiger partial charge in [-0.3, -0.25) is 0 Å². The van der Waals surface area contributed by atoms with Crippen LogP contribution < -0.4 is 11.1 Å². The van der Waals surface area contributed by atoms with Crippen molar-refractivity contribution in [3.05, 3.63) is 28.8 Å². The van der Waals surface area contributed by atoms with E-state index in [-0.39, 0.29) is 12.3 Å². The number of aromatic hydroxyl groups is 1. The third kappa shape index (κ3) is 4.42. The molecule has 112 valence electrons. The van der Waals surface area contributed by atoms with Gasteiger partial charge in [0.05, 0.1) is 6.04 Å². The summed E-state index contributed by atoms with van der Waals surface area (Å²) in [7, 11) is 0. The molecule has 0 aromatic heterocycles. The van der Waals surface area contributed by atoms with E-state index in [2.05, 4.69) is 5.32 Å². The number of amides is 1. The zero-order chi connectivity index (χ0) is 15.5. The number of carbonyl (C=O) groups excluding carboxylic acids is 1. The van der Waals surface area contributed by atoms with Crippen molar-refractivity contribution in [2.75, 3.05) is 6.54 Å². The second-order valence-corrected chi connectivity index (χ2v) is 5.93. The van der Waals surface area contributed by atoms with Crippen LogP contribution in [0.2, 0.25) is 0 Å². The van der Waals surface area contributed by atoms with Gasteiger partial charge in [0, 0.05) is 12.1 Å². The Hall–Kier alpha value is -1.75. The van der Waals surface area contributed by atoms with Gasteiger partial charge >= 0.3 is 6.09 Å². The predicted octanol–water partition coefficient (Wildman–Crippen LogP) is 2.53. The quantitative estimate of drug-likeness (QED) is 0.794. The first-order chi connectivity index (χ1) is 9.14. The maximum absolute atomic E-state index is 11.8. The van der Waals surface area contributed by atoms with Crippen LogP contribution in [0.5, 0.6) is 5.75 Å². The fourth-order valence-electron chi connectivity index (χ4n) is 1.82. The van der Waals surface area contributed by atoms with Gasteiger partial charge in [0.2, 0.25) is 0 Å². The molecule has 20 heavy (non-hydrogen) atoms. The van der Waals surface area contributed by atoms with Gasteiger partial charge in [0.1, 0.15) is 11.4 Å². The molecule has 5 heteroatoms. The van der Waals surface area contributed by atoms with E-state index in [4.69, 9.17) is 10.5 Å². The van der Waals surface area contributed by atoms with E-state index < -0.39 is 17.7 Å². The van der Waals surface area contributed by atoms with E-state index >= 15 is 0 Å². The monoisotopic (exact) mass is 280 g/mol. The fourth-order valence-corrected chi connectivity index (χ4v) is 1.82. The van der Waals surface area contributed by atoms with Crippen molar-refractivity contribution in [2.45, 2.75) is 46.3 Å². The molecule has 0 heterocycles. The molecule has 1 atom stereocenters. The topological polar surface area (TPSA) is 84.6 Å². The van der Waals surface area contributed by atoms with Crippen LogP contribution in [0.1, 0.15) is 43.5 Å². The van der Waals surface area contributed by atoms with Gasteiger partial charge in [-0.2, -0.15) is 0 Å². The van der Waals surface area contributed by atoms with Gasteiger partial charge < -0.3 is 20.9 Å². The average molecular weight is 280 g/mol. The van der Waals surface area contributed by atoms with E-state index in [9.17, 15) is 9.90 Å². The Morgan fingerprint density at radius 2 is 1.90 bits per heavy atom. The number of phenolic OH excluding ortho intramolecular Hbond substituents is 1. The predicted molar refractivity (Wildman–Crippen MR) is 78.7 cm³/mol. The summed E-state index contributed by atoms with van der Waals surface area (Å²) in [5.74, 6) is 0.125. The molecular weight excluding hydrogens is 256 g/mol. The Morgan fingerprint density at radius 1 is 1.35 bits per heavy atom. The summed E-state index contributed by atoms with van der Waals surface area (Å²) in [6.45, 7) is 9.40. The van der Waals surface area contributed by atoms with Crippen molar-refractivity contribution in [2.24, 2.45) is 5.73 Å². The van der Waals surface area contributed by atoms with E-state index in [1.165, 1.54) is 0 Å². The number of carbonyl (C=O) groups is 1. The van der Waals surface area contributed by atoms with E-state index in [0.717, 1.165) is 11.1 Å². The van der Waals surface area contributed by atoms with Crippen LogP contribution in [0, 0.1) is 13.8 Å². The third-order valence-corrected chi connectivity index (χ3v) is 2.95. The SMILES string of the molecule is Cc1cc(O)c(C(CN)NC(=O)OC(C)(C)C)cc1C. The number of ether oxygens (including phenoxy) is 1. The molecule has 0 radical (unpaired) electrons. The molecule has 1 aromatic rings. The van der Waals surface area contributed by atoms with Crippen molar-refractivity contribution in [1.82, 2.24) is 5.32 Å². The zero-order valence-corrected chi connectivity index (χ0v) is 12.8. The zero-order valence-electron chi connectivity index (χ0n) is 12.8. The number of hydrogen-bond donors (Lipinski definition) is 3. The summed E-state index contributed by atoms with van der Waals surface area (Å²) in [4.78, 5) is 11.8. The second kappa shape index (κ2) is 6.13. The van der Waals surface area contributed by atoms with E-state index in [1.807, 2.05) is 19.9 Å². The van der Waals surface area contributed by atoms with Crippen molar-refractivity contribution >= 4 is 6.09 Å². The number of phenols is 1. The largest absolute Gasteiger partial charge is 0.508 e. The maximum atomic E-state index is 11.8. The Morgan fingerprint density at radius 3 is 2.40 bits per heavy atom. The van der Waals surface area contributed by atoms with Crippen LogP contribution in [0.25, 0.3) is 0 Å². The highest BCUT2D eigenvalue weighted by Crippen LogP contribution is 2.27. The summed E-state index contributed by atoms with van der Waals surface area (Å²) in [5, 5.41) is 12.7. The highest BCUT2D eigenvalue weighted by Gasteiger charge is 2.21. The van der Waals surface area contributed by atoms with Gasteiger partial charge in [-0.1, -0.05) is 6.07 Å². The summed E-state index contributed by atoms with van der Waals surface area (Å²) in [5.41, 5.74) is 7.73. The molecule has 0 aliphatic heterocycles. The lowest BCUT2D eigenvalue weighted by Crippen LogP contribution is -2.37. The Kier molecular flexibility index (Phi) is 5.00. The lowest BCUT2D eigenvalue weighted by molar-refractivity contribution is 0.0505. The van der Waals surface area contributed by atoms with Gasteiger partial charge in [0.15, 0.2) is 0 Å². The minimum Gasteiger partial charge on any atom is -0.508 e. The van der Waals surface area contributed by atoms with Crippen LogP contribution in [-0.2, 0) is 4.74 Å². The Labute approximate surface area is 120 Å². The van der Waals surface area contributed by atoms with Crippen LogP contribution in [0.15, 0.2) is 12.1 Å². The first-order valence-electron chi connectivity index (χ1n) is 6.63. The molecule has 0 aliphatic carbocycles. The molecular formula is C15H24N2O3. The Bertz CT molecular complexity index is 493. The standard InChI is InChI=1S/C15H24N2O3/c1-9-6-11(13(18)7-10(9)2)12(8-16)17-14(19)20-15(3,4)5/h6-7,12,18H,8,16H2,1-5H3,(H,17,19). The molecule has 1 rings (SSSR count). The van der Waals surface area contributed by atoms with Gasteiger partial charge in [-0.15, -0.1) is 0 Å². The summed E-state index contributed by atoms with van der Waals surface area (Å²) >= 11 is 0. The minimum atomic E-state index is -0.575. The molecule has 0 saturated carbocycles. The van der Waals surface area contributed by atoms with Gasteiger partial charge in [-0.25, -0.2) is 4.79 Å². The molecule has 4 N–H and O–H groups in total. The highest BCUT2D eigenvalue weighted by atomic mass is 16.6. The molecule has 0 saturated heterocycles. The second-order valence-electron chi connectivity index (χ2n) is 5.93. The molecule has 1 amide bonds. The molecule has 0 bridgehead atoms. The maximum Gasteiger partial charge on any atom is 0.408 e. The van der Waals surface area contributed by atoms with Crippen molar-refractivity contribution < 1.29 is 14.6 Å². The van der Waals surface area contributed by atoms with Crippen molar-refractivity contribution in [1.29, 1.82) is 0 Å². The number of benzene rings is 1. The third-order valence-electron chi connectivity index (χ3n) is 2.95. The summed E-state index contributed by atoms with van der Waals surface area (Å²) in [6.07, 6.45) is -0.550. The number of alkyl carbamates (subject to hydrolysis) is 1. The minimum absolute atomic E-state index is 0.125. The van der Waals surface area contributed by atoms with Crippen LogP contribution in [0.3, 0.4) is 0 Å². The smallest absolute Gasteiger partial charge is 0.408 e. The summed E-state index contributed by atoms with van der Waals surface area (Å²) < 4.78 is 5.20. The van der Waals surface area contributed by atoms with Crippen LogP contribution in [0.4, 0.5) is 4.79 Å². The molecule has 5 nitrogen and oxygen atoms in total. The normalized spacial score (nSPS) is 12.9. The van der Waals surface area contributed by atoms with Gasteiger partial charge in [-0.05, 0) is 51.8 Å². The molecule has 1 unspecified atom stereocenters. The van der Waals surface area contributed by atoms with E-state index in [1.54, 1.807) is 26.8 Å². The molecule has 0 aliphatic rings. The number of nitrogens with two attached hydrogens (primary N) is 1.